The summed E-state index contributed by atoms with van der Waals surface area (Å²) >= 11 is 5.91. The summed E-state index contributed by atoms with van der Waals surface area (Å²) in [7, 11) is 0. The molecule has 0 bridgehead atoms. The number of halogens is 1. The first-order chi connectivity index (χ1) is 15.5. The van der Waals surface area contributed by atoms with E-state index in [9.17, 15) is 14.7 Å². The van der Waals surface area contributed by atoms with Gasteiger partial charge in [0.1, 0.15) is 0 Å². The first-order valence-corrected chi connectivity index (χ1v) is 10.8. The lowest BCUT2D eigenvalue weighted by molar-refractivity contribution is -0.135. The summed E-state index contributed by atoms with van der Waals surface area (Å²) in [4.78, 5) is 31.2. The first kappa shape index (κ1) is 20.5. The SMILES string of the molecule is O=C(C[C@]1(O)C(=O)N(CCc2c[nH]c3ccccc23)c2ccccc21)c1ccc(Cl)cc1. The molecule has 5 nitrogen and oxygen atoms in total. The Kier molecular flexibility index (Phi) is 5.08. The van der Waals surface area contributed by atoms with Crippen molar-refractivity contribution < 1.29 is 14.7 Å². The Morgan fingerprint density at radius 1 is 1.00 bits per heavy atom. The highest BCUT2D eigenvalue weighted by Gasteiger charge is 2.50. The summed E-state index contributed by atoms with van der Waals surface area (Å²) in [6, 6.07) is 21.6. The molecule has 0 saturated heterocycles. The average molecular weight is 445 g/mol. The summed E-state index contributed by atoms with van der Waals surface area (Å²) in [5.41, 5.74) is 1.76. The number of hydrogen-bond acceptors (Lipinski definition) is 3. The number of aromatic amines is 1. The number of aliphatic hydroxyl groups is 1. The van der Waals surface area contributed by atoms with Gasteiger partial charge in [0.15, 0.2) is 11.4 Å². The van der Waals surface area contributed by atoms with Crippen LogP contribution in [0.2, 0.25) is 5.02 Å². The van der Waals surface area contributed by atoms with Gasteiger partial charge in [0.25, 0.3) is 5.91 Å². The maximum Gasteiger partial charge on any atom is 0.264 e. The molecule has 1 aliphatic rings. The van der Waals surface area contributed by atoms with E-state index < -0.39 is 11.5 Å². The second-order valence-electron chi connectivity index (χ2n) is 8.05. The Balaban J connectivity index is 1.42. The fourth-order valence-corrected chi connectivity index (χ4v) is 4.57. The Bertz CT molecular complexity index is 1330. The zero-order valence-electron chi connectivity index (χ0n) is 17.2. The minimum Gasteiger partial charge on any atom is -0.375 e. The highest BCUT2D eigenvalue weighted by molar-refractivity contribution is 6.30. The number of amides is 1. The van der Waals surface area contributed by atoms with Crippen LogP contribution in [0, 0.1) is 0 Å². The number of hydrogen-bond donors (Lipinski definition) is 2. The van der Waals surface area contributed by atoms with Crippen molar-refractivity contribution in [1.82, 2.24) is 4.98 Å². The van der Waals surface area contributed by atoms with Crippen LogP contribution < -0.4 is 4.90 Å². The molecule has 0 aliphatic carbocycles. The molecule has 0 fully saturated rings. The van der Waals surface area contributed by atoms with E-state index in [4.69, 9.17) is 11.6 Å². The van der Waals surface area contributed by atoms with Crippen LogP contribution in [0.5, 0.6) is 0 Å². The van der Waals surface area contributed by atoms with Crippen molar-refractivity contribution >= 4 is 39.9 Å². The van der Waals surface area contributed by atoms with Gasteiger partial charge in [-0.1, -0.05) is 48.0 Å². The second-order valence-corrected chi connectivity index (χ2v) is 8.49. The van der Waals surface area contributed by atoms with E-state index in [1.807, 2.05) is 42.6 Å². The molecule has 1 atom stereocenters. The van der Waals surface area contributed by atoms with Crippen molar-refractivity contribution in [3.8, 4) is 0 Å². The molecule has 0 unspecified atom stereocenters. The number of Topliss-reactive ketones (excluding diaryl/α,β-unsaturated/α-hetero) is 1. The van der Waals surface area contributed by atoms with Gasteiger partial charge in [-0.2, -0.15) is 0 Å². The lowest BCUT2D eigenvalue weighted by Crippen LogP contribution is -2.42. The molecule has 1 aromatic heterocycles. The highest BCUT2D eigenvalue weighted by atomic mass is 35.5. The Morgan fingerprint density at radius 3 is 2.53 bits per heavy atom. The summed E-state index contributed by atoms with van der Waals surface area (Å²) in [5, 5.41) is 13.1. The van der Waals surface area contributed by atoms with Crippen LogP contribution >= 0.6 is 11.6 Å². The molecule has 1 amide bonds. The van der Waals surface area contributed by atoms with Crippen LogP contribution in [0.3, 0.4) is 0 Å². The molecular weight excluding hydrogens is 424 g/mol. The Morgan fingerprint density at radius 2 is 1.72 bits per heavy atom. The molecular formula is C26H21ClN2O3. The Labute approximate surface area is 190 Å². The van der Waals surface area contributed by atoms with Gasteiger partial charge in [-0.15, -0.1) is 0 Å². The number of rotatable bonds is 6. The van der Waals surface area contributed by atoms with Gasteiger partial charge in [-0.05, 0) is 48.4 Å². The molecule has 4 aromatic rings. The fraction of sp³-hybridized carbons (Fsp3) is 0.154. The third-order valence-corrected chi connectivity index (χ3v) is 6.35. The largest absolute Gasteiger partial charge is 0.375 e. The van der Waals surface area contributed by atoms with E-state index in [1.54, 1.807) is 41.3 Å². The average Bonchev–Trinajstić information content (AvgIpc) is 3.30. The van der Waals surface area contributed by atoms with Crippen LogP contribution in [0.15, 0.2) is 79.0 Å². The minimum absolute atomic E-state index is 0.314. The minimum atomic E-state index is -1.90. The number of nitrogens with zero attached hydrogens (tertiary/aromatic N) is 1. The number of para-hydroxylation sites is 2. The molecule has 0 spiro atoms. The lowest BCUT2D eigenvalue weighted by atomic mass is 9.88. The van der Waals surface area contributed by atoms with Crippen LogP contribution in [0.25, 0.3) is 10.9 Å². The number of carbonyl (C=O) groups is 2. The number of benzene rings is 3. The number of ketones is 1. The highest BCUT2D eigenvalue weighted by Crippen LogP contribution is 2.43. The topological polar surface area (TPSA) is 73.4 Å². The van der Waals surface area contributed by atoms with E-state index in [2.05, 4.69) is 4.98 Å². The molecule has 0 saturated carbocycles. The molecule has 2 N–H and O–H groups in total. The van der Waals surface area contributed by atoms with Crippen LogP contribution in [-0.2, 0) is 16.8 Å². The fourth-order valence-electron chi connectivity index (χ4n) is 4.44. The maximum atomic E-state index is 13.4. The monoisotopic (exact) mass is 444 g/mol. The smallest absolute Gasteiger partial charge is 0.264 e. The molecule has 5 rings (SSSR count). The number of aromatic nitrogens is 1. The van der Waals surface area contributed by atoms with Crippen molar-refractivity contribution in [1.29, 1.82) is 0 Å². The lowest BCUT2D eigenvalue weighted by Gasteiger charge is -2.23. The summed E-state index contributed by atoms with van der Waals surface area (Å²) in [6.07, 6.45) is 2.24. The summed E-state index contributed by atoms with van der Waals surface area (Å²) in [5.74, 6) is -0.786. The first-order valence-electron chi connectivity index (χ1n) is 10.4. The second kappa shape index (κ2) is 7.93. The number of anilines is 1. The van der Waals surface area contributed by atoms with E-state index in [0.29, 0.717) is 34.8 Å². The van der Waals surface area contributed by atoms with Crippen molar-refractivity contribution in [2.75, 3.05) is 11.4 Å². The van der Waals surface area contributed by atoms with Crippen molar-refractivity contribution in [2.45, 2.75) is 18.4 Å². The standard InChI is InChI=1S/C26H21ClN2O3/c27-19-11-9-17(10-12-19)24(30)15-26(32)21-6-2-4-8-23(21)29(25(26)31)14-13-18-16-28-22-7-3-1-5-20(18)22/h1-12,16,28,32H,13-15H2/t26-/m1/s1. The van der Waals surface area contributed by atoms with Crippen molar-refractivity contribution in [2.24, 2.45) is 0 Å². The zero-order valence-corrected chi connectivity index (χ0v) is 18.0. The number of nitrogens with one attached hydrogen (secondary N) is 1. The van der Waals surface area contributed by atoms with Crippen LogP contribution in [0.4, 0.5) is 5.69 Å². The van der Waals surface area contributed by atoms with Gasteiger partial charge in [0, 0.05) is 39.8 Å². The van der Waals surface area contributed by atoms with Gasteiger partial charge < -0.3 is 15.0 Å². The molecule has 2 heterocycles. The van der Waals surface area contributed by atoms with Gasteiger partial charge >= 0.3 is 0 Å². The molecule has 0 radical (unpaired) electrons. The molecule has 6 heteroatoms. The van der Waals surface area contributed by atoms with Gasteiger partial charge in [-0.3, -0.25) is 9.59 Å². The van der Waals surface area contributed by atoms with Crippen LogP contribution in [0.1, 0.15) is 27.9 Å². The Hall–Kier alpha value is -3.41. The number of carbonyl (C=O) groups excluding carboxylic acids is 2. The van der Waals surface area contributed by atoms with Crippen molar-refractivity contribution in [3.05, 3.63) is 101 Å². The maximum absolute atomic E-state index is 13.4. The molecule has 3 aromatic carbocycles. The van der Waals surface area contributed by atoms with Crippen LogP contribution in [-0.4, -0.2) is 28.3 Å². The third-order valence-electron chi connectivity index (χ3n) is 6.10. The normalized spacial score (nSPS) is 17.7. The summed E-state index contributed by atoms with van der Waals surface area (Å²) < 4.78 is 0. The van der Waals surface area contributed by atoms with E-state index in [1.165, 1.54) is 0 Å². The third kappa shape index (κ3) is 3.40. The number of fused-ring (bicyclic) bond motifs is 2. The van der Waals surface area contributed by atoms with E-state index >= 15 is 0 Å². The summed E-state index contributed by atoms with van der Waals surface area (Å²) in [6.45, 7) is 0.398. The number of H-pyrrole nitrogens is 1. The van der Waals surface area contributed by atoms with Gasteiger partial charge in [0.05, 0.1) is 12.1 Å². The quantitative estimate of drug-likeness (QED) is 0.416. The predicted molar refractivity (Wildman–Crippen MR) is 125 cm³/mol. The van der Waals surface area contributed by atoms with Gasteiger partial charge in [-0.25, -0.2) is 0 Å². The van der Waals surface area contributed by atoms with E-state index in [0.717, 1.165) is 16.5 Å². The predicted octanol–water partition coefficient (Wildman–Crippen LogP) is 4.87. The molecule has 160 valence electrons. The molecule has 32 heavy (non-hydrogen) atoms. The molecule has 1 aliphatic heterocycles. The zero-order chi connectivity index (χ0) is 22.3. The van der Waals surface area contributed by atoms with Gasteiger partial charge in [0.2, 0.25) is 0 Å². The van der Waals surface area contributed by atoms with Crippen molar-refractivity contribution in [3.63, 3.8) is 0 Å². The van der Waals surface area contributed by atoms with E-state index in [-0.39, 0.29) is 12.2 Å².